The first kappa shape index (κ1) is 35.3. The highest BCUT2D eigenvalue weighted by atomic mass is 16.6. The third-order valence-electron chi connectivity index (χ3n) is 5.75. The van der Waals surface area contributed by atoms with E-state index in [-0.39, 0.29) is 30.8 Å². The quantitative estimate of drug-likeness (QED) is 0.109. The van der Waals surface area contributed by atoms with Gasteiger partial charge in [-0.2, -0.15) is 4.98 Å². The Morgan fingerprint density at radius 3 is 2.42 bits per heavy atom. The number of carbonyl (C=O) groups is 3. The number of rotatable bonds is 10. The molecule has 2 unspecified atom stereocenters. The van der Waals surface area contributed by atoms with Gasteiger partial charge in [-0.15, -0.1) is 0 Å². The molecule has 4 atom stereocenters. The zero-order valence-corrected chi connectivity index (χ0v) is 25.5. The van der Waals surface area contributed by atoms with Crippen molar-refractivity contribution in [3.8, 4) is 11.8 Å². The van der Waals surface area contributed by atoms with E-state index in [1.165, 1.54) is 6.20 Å². The van der Waals surface area contributed by atoms with E-state index in [0.717, 1.165) is 4.57 Å². The van der Waals surface area contributed by atoms with Crippen molar-refractivity contribution >= 4 is 24.0 Å². The number of esters is 1. The number of aliphatic hydroxyl groups excluding tert-OH is 2. The molecule has 2 rings (SSSR count). The maximum absolute atomic E-state index is 12.8. The highest BCUT2D eigenvalue weighted by molar-refractivity contribution is 5.81. The maximum atomic E-state index is 12.8. The fraction of sp³-hybridized carbons (Fsp3) is 0.679. The molecule has 15 heteroatoms. The molecular formula is C28H43N5O10. The standard InChI is InChI=1S/C28H43N5O10/c1-27(2,3)42-25(38)30-12-8-7-11-18(31-26(39)43-28(4,5)6)23(36)40-13-9-10-17-15-33(24(37)32-22(17)29)21-14-19(35)20(16-34)41-21/h15,18-21,34-35H,7-8,11-14,16H2,1-6H3,(H,30,38)(H,31,39)(H2,29,32,37)/t18?,19?,20-,21-/m1/s1. The number of nitrogen functional groups attached to an aromatic ring is 1. The lowest BCUT2D eigenvalue weighted by atomic mass is 10.1. The summed E-state index contributed by atoms with van der Waals surface area (Å²) in [4.78, 5) is 53.0. The number of alkyl carbamates (subject to hydrolysis) is 2. The Kier molecular flexibility index (Phi) is 12.8. The Morgan fingerprint density at radius 2 is 1.81 bits per heavy atom. The maximum Gasteiger partial charge on any atom is 0.408 e. The number of nitrogens with two attached hydrogens (primary N) is 1. The Balaban J connectivity index is 2.00. The van der Waals surface area contributed by atoms with E-state index < -0.39 is 66.1 Å². The Morgan fingerprint density at radius 1 is 1.16 bits per heavy atom. The van der Waals surface area contributed by atoms with E-state index in [4.69, 9.17) is 24.7 Å². The first-order chi connectivity index (χ1) is 20.0. The first-order valence-electron chi connectivity index (χ1n) is 13.9. The molecule has 0 spiro atoms. The van der Waals surface area contributed by atoms with Crippen LogP contribution in [0.5, 0.6) is 0 Å². The van der Waals surface area contributed by atoms with Crippen LogP contribution < -0.4 is 22.1 Å². The van der Waals surface area contributed by atoms with E-state index in [1.807, 2.05) is 0 Å². The molecule has 0 saturated carbocycles. The van der Waals surface area contributed by atoms with Crippen molar-refractivity contribution in [3.05, 3.63) is 22.2 Å². The lowest BCUT2D eigenvalue weighted by molar-refractivity contribution is -0.144. The van der Waals surface area contributed by atoms with Crippen LogP contribution in [0.1, 0.15) is 79.0 Å². The van der Waals surface area contributed by atoms with Crippen LogP contribution in [-0.4, -0.2) is 87.1 Å². The van der Waals surface area contributed by atoms with E-state index in [1.54, 1.807) is 41.5 Å². The van der Waals surface area contributed by atoms with E-state index in [0.29, 0.717) is 19.4 Å². The number of hydrogen-bond acceptors (Lipinski definition) is 12. The summed E-state index contributed by atoms with van der Waals surface area (Å²) in [5, 5.41) is 24.4. The summed E-state index contributed by atoms with van der Waals surface area (Å²) in [7, 11) is 0. The average molecular weight is 610 g/mol. The van der Waals surface area contributed by atoms with Gasteiger partial charge >= 0.3 is 23.8 Å². The van der Waals surface area contributed by atoms with Gasteiger partial charge in [-0.3, -0.25) is 4.57 Å². The van der Waals surface area contributed by atoms with Crippen molar-refractivity contribution in [1.82, 2.24) is 20.2 Å². The summed E-state index contributed by atoms with van der Waals surface area (Å²) in [5.74, 6) is 4.42. The van der Waals surface area contributed by atoms with E-state index in [2.05, 4.69) is 27.5 Å². The number of carbonyl (C=O) groups excluding carboxylic acids is 3. The molecule has 1 aliphatic rings. The van der Waals surface area contributed by atoms with Crippen LogP contribution in [-0.2, 0) is 23.7 Å². The van der Waals surface area contributed by atoms with Crippen molar-refractivity contribution in [2.75, 3.05) is 25.5 Å². The second-order valence-electron chi connectivity index (χ2n) is 11.9. The van der Waals surface area contributed by atoms with Gasteiger partial charge in [0.25, 0.3) is 0 Å². The number of anilines is 1. The number of unbranched alkanes of at least 4 members (excludes halogenated alkanes) is 1. The molecule has 0 bridgehead atoms. The number of amides is 2. The number of aliphatic hydroxyl groups is 2. The molecule has 1 aromatic rings. The summed E-state index contributed by atoms with van der Waals surface area (Å²) in [5.41, 5.74) is 3.86. The number of aromatic nitrogens is 2. The van der Waals surface area contributed by atoms with Gasteiger partial charge in [-0.25, -0.2) is 19.2 Å². The van der Waals surface area contributed by atoms with Crippen LogP contribution >= 0.6 is 0 Å². The third-order valence-corrected chi connectivity index (χ3v) is 5.75. The first-order valence-corrected chi connectivity index (χ1v) is 13.9. The minimum Gasteiger partial charge on any atom is -0.451 e. The summed E-state index contributed by atoms with van der Waals surface area (Å²) in [6.45, 7) is 9.85. The molecule has 0 radical (unpaired) electrons. The fourth-order valence-electron chi connectivity index (χ4n) is 3.85. The molecule has 2 amide bonds. The van der Waals surface area contributed by atoms with Gasteiger partial charge in [0.15, 0.2) is 6.61 Å². The van der Waals surface area contributed by atoms with Crippen LogP contribution in [0.3, 0.4) is 0 Å². The van der Waals surface area contributed by atoms with Crippen molar-refractivity contribution in [3.63, 3.8) is 0 Å². The number of hydrogen-bond donors (Lipinski definition) is 5. The molecule has 0 aromatic carbocycles. The number of nitrogens with one attached hydrogen (secondary N) is 2. The predicted molar refractivity (Wildman–Crippen MR) is 154 cm³/mol. The molecule has 240 valence electrons. The van der Waals surface area contributed by atoms with Crippen molar-refractivity contribution < 1.29 is 43.5 Å². The summed E-state index contributed by atoms with van der Waals surface area (Å²) >= 11 is 0. The molecule has 0 aliphatic carbocycles. The van der Waals surface area contributed by atoms with Crippen molar-refractivity contribution in [1.29, 1.82) is 0 Å². The smallest absolute Gasteiger partial charge is 0.408 e. The predicted octanol–water partition coefficient (Wildman–Crippen LogP) is 0.949. The van der Waals surface area contributed by atoms with Gasteiger partial charge in [0.1, 0.15) is 35.4 Å². The minimum absolute atomic E-state index is 0.0598. The Bertz CT molecular complexity index is 1240. The molecular weight excluding hydrogens is 566 g/mol. The zero-order chi connectivity index (χ0) is 32.4. The summed E-state index contributed by atoms with van der Waals surface area (Å²) < 4.78 is 22.3. The van der Waals surface area contributed by atoms with Gasteiger partial charge in [-0.1, -0.05) is 11.8 Å². The van der Waals surface area contributed by atoms with Crippen LogP contribution in [0.25, 0.3) is 0 Å². The number of ether oxygens (including phenoxy) is 4. The topological polar surface area (TPSA) is 214 Å². The van der Waals surface area contributed by atoms with Gasteiger partial charge in [-0.05, 0) is 60.8 Å². The van der Waals surface area contributed by atoms with Crippen LogP contribution in [0, 0.1) is 11.8 Å². The molecule has 1 saturated heterocycles. The second-order valence-corrected chi connectivity index (χ2v) is 11.9. The molecule has 2 heterocycles. The van der Waals surface area contributed by atoms with Gasteiger partial charge in [0.05, 0.1) is 18.3 Å². The molecule has 43 heavy (non-hydrogen) atoms. The van der Waals surface area contributed by atoms with E-state index in [9.17, 15) is 29.4 Å². The SMILES string of the molecule is CC(C)(C)OC(=O)NCCCCC(NC(=O)OC(C)(C)C)C(=O)OCC#Cc1cn([C@H]2CC(O)[C@@H](CO)O2)c(=O)nc1N. The normalized spacial score (nSPS) is 19.0. The van der Waals surface area contributed by atoms with Crippen LogP contribution in [0.2, 0.25) is 0 Å². The van der Waals surface area contributed by atoms with E-state index >= 15 is 0 Å². The van der Waals surface area contributed by atoms with Crippen molar-refractivity contribution in [2.24, 2.45) is 0 Å². The fourth-order valence-corrected chi connectivity index (χ4v) is 3.85. The molecule has 6 N–H and O–H groups in total. The molecule has 1 aromatic heterocycles. The van der Waals surface area contributed by atoms with Gasteiger partial charge in [0.2, 0.25) is 0 Å². The lowest BCUT2D eigenvalue weighted by Crippen LogP contribution is -2.44. The highest BCUT2D eigenvalue weighted by Crippen LogP contribution is 2.27. The third kappa shape index (κ3) is 12.5. The monoisotopic (exact) mass is 609 g/mol. The van der Waals surface area contributed by atoms with Crippen LogP contribution in [0.15, 0.2) is 11.0 Å². The van der Waals surface area contributed by atoms with Crippen molar-refractivity contribution in [2.45, 2.75) is 103 Å². The number of nitrogens with zero attached hydrogens (tertiary/aromatic N) is 2. The highest BCUT2D eigenvalue weighted by Gasteiger charge is 2.35. The van der Waals surface area contributed by atoms with Gasteiger partial charge in [0, 0.05) is 19.2 Å². The summed E-state index contributed by atoms with van der Waals surface area (Å²) in [6, 6.07) is -1.04. The average Bonchev–Trinajstić information content (AvgIpc) is 3.24. The lowest BCUT2D eigenvalue weighted by Gasteiger charge is -2.23. The minimum atomic E-state index is -1.04. The summed E-state index contributed by atoms with van der Waals surface area (Å²) in [6.07, 6.45) is -1.49. The molecule has 1 aliphatic heterocycles. The largest absolute Gasteiger partial charge is 0.451 e. The Labute approximate surface area is 250 Å². The molecule has 15 nitrogen and oxygen atoms in total. The second kappa shape index (κ2) is 15.6. The zero-order valence-electron chi connectivity index (χ0n) is 25.5. The molecule has 1 fully saturated rings. The van der Waals surface area contributed by atoms with Crippen LogP contribution in [0.4, 0.5) is 15.4 Å². The Hall–Kier alpha value is -3.87. The van der Waals surface area contributed by atoms with Gasteiger partial charge < -0.3 is 45.5 Å².